The Morgan fingerprint density at radius 3 is 2.00 bits per heavy atom. The Kier molecular flexibility index (Phi) is 6.54. The van der Waals surface area contributed by atoms with Crippen LogP contribution >= 0.6 is 0 Å². The molecule has 132 valence electrons. The summed E-state index contributed by atoms with van der Waals surface area (Å²) in [7, 11) is 3.15. The SMILES string of the molecule is COc1ccc(C[C@H](N)C(=O)NCC(=O)c2ccc(OC)cc2)cc1. The molecule has 0 aromatic heterocycles. The van der Waals surface area contributed by atoms with Crippen LogP contribution in [0, 0.1) is 0 Å². The van der Waals surface area contributed by atoms with Crippen molar-refractivity contribution in [3.63, 3.8) is 0 Å². The van der Waals surface area contributed by atoms with E-state index in [0.717, 1.165) is 11.3 Å². The predicted octanol–water partition coefficient (Wildman–Crippen LogP) is 1.57. The predicted molar refractivity (Wildman–Crippen MR) is 95.0 cm³/mol. The van der Waals surface area contributed by atoms with Crippen molar-refractivity contribution in [2.75, 3.05) is 20.8 Å². The van der Waals surface area contributed by atoms with E-state index in [9.17, 15) is 9.59 Å². The van der Waals surface area contributed by atoms with Gasteiger partial charge in [-0.05, 0) is 48.4 Å². The summed E-state index contributed by atoms with van der Waals surface area (Å²) in [6, 6.07) is 13.3. The van der Waals surface area contributed by atoms with Crippen molar-refractivity contribution in [2.24, 2.45) is 5.73 Å². The van der Waals surface area contributed by atoms with Crippen molar-refractivity contribution < 1.29 is 19.1 Å². The molecule has 0 saturated heterocycles. The van der Waals surface area contributed by atoms with Gasteiger partial charge >= 0.3 is 0 Å². The van der Waals surface area contributed by atoms with Gasteiger partial charge in [0.2, 0.25) is 5.91 Å². The summed E-state index contributed by atoms with van der Waals surface area (Å²) in [4.78, 5) is 24.2. The van der Waals surface area contributed by atoms with Crippen LogP contribution in [0.15, 0.2) is 48.5 Å². The quantitative estimate of drug-likeness (QED) is 0.711. The third kappa shape index (κ3) is 5.32. The second-order valence-electron chi connectivity index (χ2n) is 5.53. The number of nitrogens with two attached hydrogens (primary N) is 1. The molecule has 1 atom stereocenters. The molecule has 2 aromatic carbocycles. The molecule has 0 aliphatic heterocycles. The van der Waals surface area contributed by atoms with E-state index in [1.54, 1.807) is 38.5 Å². The first-order valence-corrected chi connectivity index (χ1v) is 7.87. The van der Waals surface area contributed by atoms with E-state index in [1.807, 2.05) is 24.3 Å². The third-order valence-electron chi connectivity index (χ3n) is 3.79. The minimum Gasteiger partial charge on any atom is -0.497 e. The molecular weight excluding hydrogens is 320 g/mol. The molecule has 0 saturated carbocycles. The molecule has 6 heteroatoms. The lowest BCUT2D eigenvalue weighted by Gasteiger charge is -2.12. The van der Waals surface area contributed by atoms with E-state index in [-0.39, 0.29) is 18.2 Å². The Labute approximate surface area is 146 Å². The molecule has 0 unspecified atom stereocenters. The molecule has 25 heavy (non-hydrogen) atoms. The highest BCUT2D eigenvalue weighted by Crippen LogP contribution is 2.13. The summed E-state index contributed by atoms with van der Waals surface area (Å²) < 4.78 is 10.1. The molecule has 2 aromatic rings. The highest BCUT2D eigenvalue weighted by atomic mass is 16.5. The lowest BCUT2D eigenvalue weighted by molar-refractivity contribution is -0.122. The van der Waals surface area contributed by atoms with Crippen LogP contribution < -0.4 is 20.5 Å². The van der Waals surface area contributed by atoms with E-state index in [1.165, 1.54) is 0 Å². The topological polar surface area (TPSA) is 90.6 Å². The summed E-state index contributed by atoms with van der Waals surface area (Å²) in [5, 5.41) is 2.58. The van der Waals surface area contributed by atoms with Crippen LogP contribution in [0.3, 0.4) is 0 Å². The minimum atomic E-state index is -0.725. The first-order valence-electron chi connectivity index (χ1n) is 7.87. The number of ketones is 1. The Morgan fingerprint density at radius 1 is 0.960 bits per heavy atom. The van der Waals surface area contributed by atoms with Crippen molar-refractivity contribution in [3.8, 4) is 11.5 Å². The van der Waals surface area contributed by atoms with E-state index in [2.05, 4.69) is 5.32 Å². The van der Waals surface area contributed by atoms with Crippen molar-refractivity contribution in [1.29, 1.82) is 0 Å². The molecule has 0 spiro atoms. The zero-order chi connectivity index (χ0) is 18.2. The summed E-state index contributed by atoms with van der Waals surface area (Å²) in [6.07, 6.45) is 0.382. The molecule has 0 heterocycles. The maximum Gasteiger partial charge on any atom is 0.237 e. The molecule has 0 fully saturated rings. The van der Waals surface area contributed by atoms with Crippen molar-refractivity contribution in [3.05, 3.63) is 59.7 Å². The van der Waals surface area contributed by atoms with Gasteiger partial charge in [0.25, 0.3) is 0 Å². The Hall–Kier alpha value is -2.86. The lowest BCUT2D eigenvalue weighted by atomic mass is 10.1. The highest BCUT2D eigenvalue weighted by Gasteiger charge is 2.15. The largest absolute Gasteiger partial charge is 0.497 e. The third-order valence-corrected chi connectivity index (χ3v) is 3.79. The summed E-state index contributed by atoms with van der Waals surface area (Å²) in [5.74, 6) is 0.860. The number of methoxy groups -OCH3 is 2. The number of rotatable bonds is 8. The minimum absolute atomic E-state index is 0.0958. The van der Waals surface area contributed by atoms with Gasteiger partial charge in [-0.25, -0.2) is 0 Å². The van der Waals surface area contributed by atoms with Gasteiger partial charge in [0.05, 0.1) is 26.8 Å². The van der Waals surface area contributed by atoms with Gasteiger partial charge in [-0.3, -0.25) is 9.59 Å². The summed E-state index contributed by atoms with van der Waals surface area (Å²) >= 11 is 0. The lowest BCUT2D eigenvalue weighted by Crippen LogP contribution is -2.43. The molecule has 0 bridgehead atoms. The average Bonchev–Trinajstić information content (AvgIpc) is 2.66. The van der Waals surface area contributed by atoms with Crippen LogP contribution in [0.2, 0.25) is 0 Å². The van der Waals surface area contributed by atoms with Crippen LogP contribution in [0.25, 0.3) is 0 Å². The second kappa shape index (κ2) is 8.84. The molecule has 0 aliphatic carbocycles. The number of nitrogens with one attached hydrogen (secondary N) is 1. The van der Waals surface area contributed by atoms with Gasteiger partial charge in [0, 0.05) is 5.56 Å². The molecule has 0 radical (unpaired) electrons. The number of Topliss-reactive ketones (excluding diaryl/α,β-unsaturated/α-hetero) is 1. The smallest absolute Gasteiger partial charge is 0.237 e. The standard InChI is InChI=1S/C19H22N2O4/c1-24-15-7-3-13(4-8-15)11-17(20)19(23)21-12-18(22)14-5-9-16(25-2)10-6-14/h3-10,17H,11-12,20H2,1-2H3,(H,21,23)/t17-/m0/s1. The van der Waals surface area contributed by atoms with E-state index in [4.69, 9.17) is 15.2 Å². The Balaban J connectivity index is 1.84. The first-order chi connectivity index (χ1) is 12.0. The summed E-state index contributed by atoms with van der Waals surface area (Å²) in [5.41, 5.74) is 7.34. The van der Waals surface area contributed by atoms with Crippen molar-refractivity contribution >= 4 is 11.7 Å². The fourth-order valence-corrected chi connectivity index (χ4v) is 2.29. The number of hydrogen-bond acceptors (Lipinski definition) is 5. The van der Waals surface area contributed by atoms with Crippen LogP contribution in [0.1, 0.15) is 15.9 Å². The van der Waals surface area contributed by atoms with Gasteiger partial charge in [-0.1, -0.05) is 12.1 Å². The van der Waals surface area contributed by atoms with Gasteiger partial charge in [-0.15, -0.1) is 0 Å². The number of carbonyl (C=O) groups is 2. The normalized spacial score (nSPS) is 11.5. The molecule has 6 nitrogen and oxygen atoms in total. The number of hydrogen-bond donors (Lipinski definition) is 2. The van der Waals surface area contributed by atoms with Gasteiger partial charge in [0.15, 0.2) is 5.78 Å². The van der Waals surface area contributed by atoms with Gasteiger partial charge in [0.1, 0.15) is 11.5 Å². The van der Waals surface area contributed by atoms with Gasteiger partial charge < -0.3 is 20.5 Å². The van der Waals surface area contributed by atoms with Crippen molar-refractivity contribution in [1.82, 2.24) is 5.32 Å². The van der Waals surface area contributed by atoms with Crippen molar-refractivity contribution in [2.45, 2.75) is 12.5 Å². The number of ether oxygens (including phenoxy) is 2. The highest BCUT2D eigenvalue weighted by molar-refractivity contribution is 5.99. The fourth-order valence-electron chi connectivity index (χ4n) is 2.29. The Morgan fingerprint density at radius 2 is 1.48 bits per heavy atom. The molecule has 2 rings (SSSR count). The van der Waals surface area contributed by atoms with Crippen LogP contribution in [0.4, 0.5) is 0 Å². The van der Waals surface area contributed by atoms with E-state index >= 15 is 0 Å². The van der Waals surface area contributed by atoms with E-state index in [0.29, 0.717) is 17.7 Å². The summed E-state index contributed by atoms with van der Waals surface area (Å²) in [6.45, 7) is -0.0958. The number of benzene rings is 2. The molecule has 3 N–H and O–H groups in total. The fraction of sp³-hybridized carbons (Fsp3) is 0.263. The average molecular weight is 342 g/mol. The number of amides is 1. The number of carbonyl (C=O) groups excluding carboxylic acids is 2. The van der Waals surface area contributed by atoms with Crippen LogP contribution in [-0.4, -0.2) is 38.5 Å². The second-order valence-corrected chi connectivity index (χ2v) is 5.53. The zero-order valence-corrected chi connectivity index (χ0v) is 14.3. The zero-order valence-electron chi connectivity index (χ0n) is 14.3. The van der Waals surface area contributed by atoms with Gasteiger partial charge in [-0.2, -0.15) is 0 Å². The van der Waals surface area contributed by atoms with Crippen LogP contribution in [-0.2, 0) is 11.2 Å². The molecular formula is C19H22N2O4. The first kappa shape index (κ1) is 18.5. The molecule has 1 amide bonds. The monoisotopic (exact) mass is 342 g/mol. The Bertz CT molecular complexity index is 711. The molecule has 0 aliphatic rings. The van der Waals surface area contributed by atoms with E-state index < -0.39 is 6.04 Å². The maximum absolute atomic E-state index is 12.1. The van der Waals surface area contributed by atoms with Crippen LogP contribution in [0.5, 0.6) is 11.5 Å². The maximum atomic E-state index is 12.1.